The smallest absolute Gasteiger partial charge is 0.225 e. The van der Waals surface area contributed by atoms with Gasteiger partial charge in [-0.25, -0.2) is 0 Å². The quantitative estimate of drug-likeness (QED) is 0.735. The molecule has 0 radical (unpaired) electrons. The lowest BCUT2D eigenvalue weighted by Crippen LogP contribution is -2.37. The van der Waals surface area contributed by atoms with Crippen molar-refractivity contribution in [3.63, 3.8) is 0 Å². The summed E-state index contributed by atoms with van der Waals surface area (Å²) in [6, 6.07) is 2.19. The van der Waals surface area contributed by atoms with Gasteiger partial charge in [-0.1, -0.05) is 26.2 Å². The summed E-state index contributed by atoms with van der Waals surface area (Å²) in [5.74, 6) is 1.21. The lowest BCUT2D eigenvalue weighted by molar-refractivity contribution is -0.135. The largest absolute Gasteiger partial charge is 0.344 e. The molecule has 1 unspecified atom stereocenters. The van der Waals surface area contributed by atoms with E-state index in [0.29, 0.717) is 6.54 Å². The fourth-order valence-electron chi connectivity index (χ4n) is 3.04. The average molecular weight is 264 g/mol. The number of amides is 1. The molecule has 0 saturated heterocycles. The molecule has 1 amide bonds. The van der Waals surface area contributed by atoms with Gasteiger partial charge in [-0.05, 0) is 38.5 Å². The van der Waals surface area contributed by atoms with Gasteiger partial charge in [0.2, 0.25) is 5.91 Å². The first-order chi connectivity index (χ1) is 9.08. The fourth-order valence-corrected chi connectivity index (χ4v) is 3.04. The molecule has 1 atom stereocenters. The van der Waals surface area contributed by atoms with E-state index in [2.05, 4.69) is 13.0 Å². The molecule has 0 aromatic heterocycles. The Morgan fingerprint density at radius 1 is 1.37 bits per heavy atom. The van der Waals surface area contributed by atoms with Gasteiger partial charge in [0.1, 0.15) is 0 Å². The van der Waals surface area contributed by atoms with E-state index in [1.54, 1.807) is 4.90 Å². The first-order valence-corrected chi connectivity index (χ1v) is 7.73. The molecule has 0 spiro atoms. The van der Waals surface area contributed by atoms with Gasteiger partial charge in [0.15, 0.2) is 0 Å². The van der Waals surface area contributed by atoms with E-state index in [0.717, 1.165) is 18.8 Å². The van der Waals surface area contributed by atoms with Crippen molar-refractivity contribution in [1.82, 2.24) is 4.90 Å². The highest BCUT2D eigenvalue weighted by Crippen LogP contribution is 2.32. The Kier molecular flexibility index (Phi) is 6.91. The molecule has 1 aliphatic rings. The zero-order valence-corrected chi connectivity index (χ0v) is 12.7. The predicted octanol–water partition coefficient (Wildman–Crippen LogP) is 3.60. The van der Waals surface area contributed by atoms with Gasteiger partial charge in [0.05, 0.1) is 12.0 Å². The number of nitrogens with zero attached hydrogens (tertiary/aromatic N) is 2. The van der Waals surface area contributed by atoms with Crippen LogP contribution in [0.3, 0.4) is 0 Å². The van der Waals surface area contributed by atoms with Crippen molar-refractivity contribution >= 4 is 5.91 Å². The van der Waals surface area contributed by atoms with Gasteiger partial charge in [-0.3, -0.25) is 4.79 Å². The van der Waals surface area contributed by atoms with Crippen LogP contribution in [0, 0.1) is 29.1 Å². The number of carbonyl (C=O) groups excluding carboxylic acids is 1. The van der Waals surface area contributed by atoms with Crippen molar-refractivity contribution in [2.45, 2.75) is 58.8 Å². The molecule has 1 saturated carbocycles. The number of rotatable bonds is 6. The summed E-state index contributed by atoms with van der Waals surface area (Å²) in [6.45, 7) is 4.66. The maximum absolute atomic E-state index is 12.3. The van der Waals surface area contributed by atoms with Crippen LogP contribution in [0.4, 0.5) is 0 Å². The van der Waals surface area contributed by atoms with E-state index in [9.17, 15) is 4.79 Å². The van der Waals surface area contributed by atoms with E-state index < -0.39 is 0 Å². The molecule has 0 aromatic carbocycles. The first kappa shape index (κ1) is 16.0. The Morgan fingerprint density at radius 2 is 2.00 bits per heavy atom. The summed E-state index contributed by atoms with van der Waals surface area (Å²) < 4.78 is 0. The maximum atomic E-state index is 12.3. The molecule has 1 rings (SSSR count). The molecule has 3 nitrogen and oxygen atoms in total. The summed E-state index contributed by atoms with van der Waals surface area (Å²) in [7, 11) is 1.83. The zero-order chi connectivity index (χ0) is 14.3. The van der Waals surface area contributed by atoms with Crippen LogP contribution >= 0.6 is 0 Å². The van der Waals surface area contributed by atoms with Crippen LogP contribution in [0.25, 0.3) is 0 Å². The Hall–Kier alpha value is -1.04. The van der Waals surface area contributed by atoms with Crippen molar-refractivity contribution in [3.8, 4) is 6.07 Å². The SMILES string of the molecule is CCCCC1CCC(C(=O)N(C)CC(C)C#N)CC1. The highest BCUT2D eigenvalue weighted by molar-refractivity contribution is 5.78. The molecule has 0 bridgehead atoms. The maximum Gasteiger partial charge on any atom is 0.225 e. The fraction of sp³-hybridized carbons (Fsp3) is 0.875. The third-order valence-electron chi connectivity index (χ3n) is 4.31. The molecule has 0 aromatic rings. The first-order valence-electron chi connectivity index (χ1n) is 7.73. The number of hydrogen-bond acceptors (Lipinski definition) is 2. The van der Waals surface area contributed by atoms with Crippen LogP contribution in [0.1, 0.15) is 58.8 Å². The predicted molar refractivity (Wildman–Crippen MR) is 77.4 cm³/mol. The van der Waals surface area contributed by atoms with Crippen LogP contribution in [-0.4, -0.2) is 24.4 Å². The second kappa shape index (κ2) is 8.19. The molecular weight excluding hydrogens is 236 g/mol. The molecule has 108 valence electrons. The van der Waals surface area contributed by atoms with Crippen molar-refractivity contribution < 1.29 is 4.79 Å². The lowest BCUT2D eigenvalue weighted by atomic mass is 9.79. The van der Waals surface area contributed by atoms with Gasteiger partial charge in [-0.15, -0.1) is 0 Å². The molecule has 0 heterocycles. The summed E-state index contributed by atoms with van der Waals surface area (Å²) in [6.07, 6.45) is 8.42. The second-order valence-corrected chi connectivity index (χ2v) is 6.11. The van der Waals surface area contributed by atoms with Crippen molar-refractivity contribution in [2.24, 2.45) is 17.8 Å². The van der Waals surface area contributed by atoms with Crippen LogP contribution < -0.4 is 0 Å². The minimum Gasteiger partial charge on any atom is -0.344 e. The van der Waals surface area contributed by atoms with Gasteiger partial charge >= 0.3 is 0 Å². The van der Waals surface area contributed by atoms with Gasteiger partial charge in [-0.2, -0.15) is 5.26 Å². The minimum atomic E-state index is -0.0742. The number of nitriles is 1. The Balaban J connectivity index is 2.34. The van der Waals surface area contributed by atoms with Gasteiger partial charge < -0.3 is 4.90 Å². The van der Waals surface area contributed by atoms with Crippen molar-refractivity contribution in [2.75, 3.05) is 13.6 Å². The summed E-state index contributed by atoms with van der Waals surface area (Å²) in [5, 5.41) is 8.80. The highest BCUT2D eigenvalue weighted by Gasteiger charge is 2.28. The molecule has 1 fully saturated rings. The molecule has 19 heavy (non-hydrogen) atoms. The Bertz CT molecular complexity index is 313. The standard InChI is InChI=1S/C16H28N2O/c1-4-5-6-14-7-9-15(10-8-14)16(19)18(3)12-13(2)11-17/h13-15H,4-10,12H2,1-3H3. The summed E-state index contributed by atoms with van der Waals surface area (Å²) in [4.78, 5) is 14.0. The van der Waals surface area contributed by atoms with Crippen molar-refractivity contribution in [1.29, 1.82) is 5.26 Å². The molecule has 0 aliphatic heterocycles. The number of carbonyl (C=O) groups is 1. The van der Waals surface area contributed by atoms with E-state index >= 15 is 0 Å². The number of hydrogen-bond donors (Lipinski definition) is 0. The van der Waals surface area contributed by atoms with E-state index in [-0.39, 0.29) is 17.7 Å². The van der Waals surface area contributed by atoms with E-state index in [1.807, 2.05) is 14.0 Å². The Labute approximate surface area is 118 Å². The molecule has 1 aliphatic carbocycles. The number of unbranched alkanes of at least 4 members (excludes halogenated alkanes) is 1. The lowest BCUT2D eigenvalue weighted by Gasteiger charge is -2.31. The van der Waals surface area contributed by atoms with Gasteiger partial charge in [0, 0.05) is 19.5 Å². The molecular formula is C16H28N2O. The molecule has 3 heteroatoms. The Morgan fingerprint density at radius 3 is 2.53 bits per heavy atom. The highest BCUT2D eigenvalue weighted by atomic mass is 16.2. The van der Waals surface area contributed by atoms with Crippen LogP contribution in [0.15, 0.2) is 0 Å². The van der Waals surface area contributed by atoms with Crippen molar-refractivity contribution in [3.05, 3.63) is 0 Å². The second-order valence-electron chi connectivity index (χ2n) is 6.11. The monoisotopic (exact) mass is 264 g/mol. The topological polar surface area (TPSA) is 44.1 Å². The third kappa shape index (κ3) is 5.22. The zero-order valence-electron chi connectivity index (χ0n) is 12.7. The normalized spacial score (nSPS) is 24.5. The average Bonchev–Trinajstić information content (AvgIpc) is 2.44. The van der Waals surface area contributed by atoms with E-state index in [4.69, 9.17) is 5.26 Å². The summed E-state index contributed by atoms with van der Waals surface area (Å²) >= 11 is 0. The van der Waals surface area contributed by atoms with Crippen LogP contribution in [0.2, 0.25) is 0 Å². The third-order valence-corrected chi connectivity index (χ3v) is 4.31. The minimum absolute atomic E-state index is 0.0742. The van der Waals surface area contributed by atoms with Gasteiger partial charge in [0.25, 0.3) is 0 Å². The van der Waals surface area contributed by atoms with Crippen LogP contribution in [0.5, 0.6) is 0 Å². The van der Waals surface area contributed by atoms with Crippen LogP contribution in [-0.2, 0) is 4.79 Å². The summed E-state index contributed by atoms with van der Waals surface area (Å²) in [5.41, 5.74) is 0. The molecule has 0 N–H and O–H groups in total. The van der Waals surface area contributed by atoms with E-state index in [1.165, 1.54) is 32.1 Å².